The number of aryl methyl sites for hydroxylation is 1. The van der Waals surface area contributed by atoms with Crippen molar-refractivity contribution in [3.63, 3.8) is 0 Å². The smallest absolute Gasteiger partial charge is 0.310 e. The Balaban J connectivity index is 1.99. The molecular weight excluding hydrogens is 359 g/mol. The van der Waals surface area contributed by atoms with Crippen molar-refractivity contribution in [2.45, 2.75) is 45.8 Å². The van der Waals surface area contributed by atoms with Crippen LogP contribution in [0.5, 0.6) is 0 Å². The van der Waals surface area contributed by atoms with E-state index in [1.165, 1.54) is 34.1 Å². The lowest BCUT2D eigenvalue weighted by atomic mass is 9.97. The first-order valence-corrected chi connectivity index (χ1v) is 9.52. The van der Waals surface area contributed by atoms with Gasteiger partial charge in [-0.1, -0.05) is 66.8 Å². The summed E-state index contributed by atoms with van der Waals surface area (Å²) in [5.41, 5.74) is 2.50. The van der Waals surface area contributed by atoms with Crippen molar-refractivity contribution in [1.29, 1.82) is 0 Å². The van der Waals surface area contributed by atoms with Gasteiger partial charge in [0, 0.05) is 11.6 Å². The first kappa shape index (κ1) is 22.0. The number of halogens is 3. The highest BCUT2D eigenvalue weighted by Gasteiger charge is 2.29. The molecule has 0 spiro atoms. The van der Waals surface area contributed by atoms with E-state index in [1.807, 2.05) is 12.1 Å². The molecule has 1 nitrogen and oxygen atoms in total. The van der Waals surface area contributed by atoms with E-state index in [1.54, 1.807) is 6.08 Å². The highest BCUT2D eigenvalue weighted by molar-refractivity contribution is 5.86. The van der Waals surface area contributed by atoms with Crippen molar-refractivity contribution in [3.05, 3.63) is 83.5 Å². The molecule has 0 heterocycles. The number of nitrogens with one attached hydrogen (secondary N) is 1. The number of hydrogen-bond donors (Lipinski definition) is 1. The number of allylic oxidation sites excluding steroid dienone is 5. The van der Waals surface area contributed by atoms with Gasteiger partial charge in [0.1, 0.15) is 0 Å². The van der Waals surface area contributed by atoms with E-state index in [-0.39, 0.29) is 6.04 Å². The lowest BCUT2D eigenvalue weighted by Gasteiger charge is -2.18. The molecule has 0 aliphatic heterocycles. The summed E-state index contributed by atoms with van der Waals surface area (Å²) in [4.78, 5) is 0. The second-order valence-corrected chi connectivity index (χ2v) is 7.16. The minimum atomic E-state index is -4.29. The number of benzene rings is 2. The van der Waals surface area contributed by atoms with Gasteiger partial charge in [0.2, 0.25) is 0 Å². The Kier molecular flexibility index (Phi) is 7.64. The van der Waals surface area contributed by atoms with Gasteiger partial charge in [0.15, 0.2) is 0 Å². The molecule has 0 bridgehead atoms. The summed E-state index contributed by atoms with van der Waals surface area (Å²) >= 11 is 0. The average molecular weight is 387 g/mol. The Labute approximate surface area is 165 Å². The molecule has 2 aromatic rings. The fraction of sp³-hybridized carbons (Fsp3) is 0.333. The predicted octanol–water partition coefficient (Wildman–Crippen LogP) is 7.20. The van der Waals surface area contributed by atoms with Crippen LogP contribution in [0.1, 0.15) is 43.9 Å². The molecule has 0 aliphatic carbocycles. The van der Waals surface area contributed by atoms with Crippen molar-refractivity contribution < 1.29 is 13.2 Å². The number of alkyl halides is 3. The van der Waals surface area contributed by atoms with E-state index in [2.05, 4.69) is 50.0 Å². The standard InChI is InChI=1S/C24H28F3N/c1-5-9-20(16-18(3)24(25,26)27)10-8-13-28-19(4)23-15-17(2)14-21-11-6-7-12-22(21)23/h5-7,9,11-12,14-16,19,28H,1,8,10,13H2,2-4H3/b18-16+,20-9-/t19-/m1/s1. The highest BCUT2D eigenvalue weighted by Crippen LogP contribution is 2.28. The Morgan fingerprint density at radius 3 is 2.61 bits per heavy atom. The molecule has 2 rings (SSSR count). The molecule has 0 radical (unpaired) electrons. The molecule has 1 atom stereocenters. The number of rotatable bonds is 8. The fourth-order valence-corrected chi connectivity index (χ4v) is 3.29. The zero-order valence-corrected chi connectivity index (χ0v) is 16.7. The maximum Gasteiger partial charge on any atom is 0.412 e. The zero-order valence-electron chi connectivity index (χ0n) is 16.7. The summed E-state index contributed by atoms with van der Waals surface area (Å²) in [5, 5.41) is 5.95. The molecule has 4 heteroatoms. The normalized spacial score (nSPS) is 14.4. The van der Waals surface area contributed by atoms with Crippen molar-refractivity contribution in [3.8, 4) is 0 Å². The van der Waals surface area contributed by atoms with Gasteiger partial charge < -0.3 is 5.32 Å². The average Bonchev–Trinajstić information content (AvgIpc) is 2.63. The molecular formula is C24H28F3N. The monoisotopic (exact) mass is 387 g/mol. The molecule has 0 unspecified atom stereocenters. The predicted molar refractivity (Wildman–Crippen MR) is 112 cm³/mol. The minimum absolute atomic E-state index is 0.157. The van der Waals surface area contributed by atoms with Gasteiger partial charge in [0.05, 0.1) is 0 Å². The SMILES string of the molecule is C=C/C=C(\C=C(/C)C(F)(F)F)CCCN[C@H](C)c1cc(C)cc2ccccc12. The summed E-state index contributed by atoms with van der Waals surface area (Å²) in [6, 6.07) is 12.8. The third-order valence-electron chi connectivity index (χ3n) is 4.78. The molecule has 28 heavy (non-hydrogen) atoms. The summed E-state index contributed by atoms with van der Waals surface area (Å²) in [6.07, 6.45) is 1.40. The molecule has 0 fully saturated rings. The van der Waals surface area contributed by atoms with Crippen molar-refractivity contribution in [1.82, 2.24) is 5.32 Å². The Morgan fingerprint density at radius 1 is 1.21 bits per heavy atom. The second-order valence-electron chi connectivity index (χ2n) is 7.16. The van der Waals surface area contributed by atoms with Crippen LogP contribution in [0.4, 0.5) is 13.2 Å². The molecule has 1 N–H and O–H groups in total. The minimum Gasteiger partial charge on any atom is -0.310 e. The van der Waals surface area contributed by atoms with Gasteiger partial charge in [-0.3, -0.25) is 0 Å². The van der Waals surface area contributed by atoms with Crippen LogP contribution in [0, 0.1) is 6.92 Å². The van der Waals surface area contributed by atoms with Gasteiger partial charge in [-0.2, -0.15) is 13.2 Å². The summed E-state index contributed by atoms with van der Waals surface area (Å²) in [7, 11) is 0. The van der Waals surface area contributed by atoms with Crippen LogP contribution in [-0.4, -0.2) is 12.7 Å². The van der Waals surface area contributed by atoms with E-state index < -0.39 is 11.7 Å². The summed E-state index contributed by atoms with van der Waals surface area (Å²) in [5.74, 6) is 0. The van der Waals surface area contributed by atoms with Gasteiger partial charge in [-0.05, 0) is 62.1 Å². The Morgan fingerprint density at radius 2 is 1.93 bits per heavy atom. The van der Waals surface area contributed by atoms with Crippen molar-refractivity contribution >= 4 is 10.8 Å². The van der Waals surface area contributed by atoms with Gasteiger partial charge in [-0.25, -0.2) is 0 Å². The molecule has 0 aromatic heterocycles. The van der Waals surface area contributed by atoms with Gasteiger partial charge in [-0.15, -0.1) is 0 Å². The summed E-state index contributed by atoms with van der Waals surface area (Å²) < 4.78 is 38.3. The molecule has 2 aromatic carbocycles. The largest absolute Gasteiger partial charge is 0.412 e. The molecule has 150 valence electrons. The third kappa shape index (κ3) is 6.10. The Bertz CT molecular complexity index is 875. The van der Waals surface area contributed by atoms with Crippen LogP contribution in [0.3, 0.4) is 0 Å². The van der Waals surface area contributed by atoms with Crippen molar-refractivity contribution in [2.75, 3.05) is 6.54 Å². The van der Waals surface area contributed by atoms with Crippen LogP contribution in [-0.2, 0) is 0 Å². The van der Waals surface area contributed by atoms with Crippen LogP contribution in [0.25, 0.3) is 10.8 Å². The van der Waals surface area contributed by atoms with E-state index in [0.717, 1.165) is 19.9 Å². The first-order valence-electron chi connectivity index (χ1n) is 9.52. The second kappa shape index (κ2) is 9.74. The topological polar surface area (TPSA) is 12.0 Å². The van der Waals surface area contributed by atoms with Crippen LogP contribution < -0.4 is 5.32 Å². The maximum atomic E-state index is 12.8. The van der Waals surface area contributed by atoms with Crippen LogP contribution in [0.2, 0.25) is 0 Å². The number of hydrogen-bond acceptors (Lipinski definition) is 1. The lowest BCUT2D eigenvalue weighted by molar-refractivity contribution is -0.0913. The van der Waals surface area contributed by atoms with Crippen LogP contribution >= 0.6 is 0 Å². The molecule has 0 saturated heterocycles. The van der Waals surface area contributed by atoms with E-state index in [0.29, 0.717) is 12.0 Å². The third-order valence-corrected chi connectivity index (χ3v) is 4.78. The maximum absolute atomic E-state index is 12.8. The molecule has 0 aliphatic rings. The lowest BCUT2D eigenvalue weighted by Crippen LogP contribution is -2.20. The van der Waals surface area contributed by atoms with E-state index >= 15 is 0 Å². The van der Waals surface area contributed by atoms with Crippen molar-refractivity contribution in [2.24, 2.45) is 0 Å². The molecule has 0 amide bonds. The quantitative estimate of drug-likeness (QED) is 0.373. The van der Waals surface area contributed by atoms with Gasteiger partial charge in [0.25, 0.3) is 0 Å². The Hall–Kier alpha value is -2.33. The fourth-order valence-electron chi connectivity index (χ4n) is 3.29. The molecule has 0 saturated carbocycles. The van der Waals surface area contributed by atoms with Gasteiger partial charge >= 0.3 is 6.18 Å². The highest BCUT2D eigenvalue weighted by atomic mass is 19.4. The van der Waals surface area contributed by atoms with E-state index in [9.17, 15) is 13.2 Å². The first-order chi connectivity index (χ1) is 13.2. The summed E-state index contributed by atoms with van der Waals surface area (Å²) in [6.45, 7) is 9.63. The van der Waals surface area contributed by atoms with Crippen LogP contribution in [0.15, 0.2) is 72.4 Å². The zero-order chi connectivity index (χ0) is 20.7. The van der Waals surface area contributed by atoms with E-state index in [4.69, 9.17) is 0 Å². The number of fused-ring (bicyclic) bond motifs is 1.